The van der Waals surface area contributed by atoms with Crippen LogP contribution in [0.2, 0.25) is 0 Å². The maximum atomic E-state index is 9.61. The summed E-state index contributed by atoms with van der Waals surface area (Å²) in [7, 11) is 0. The first-order valence-corrected chi connectivity index (χ1v) is 7.14. The van der Waals surface area contributed by atoms with E-state index in [4.69, 9.17) is 0 Å². The van der Waals surface area contributed by atoms with Gasteiger partial charge in [-0.05, 0) is 35.4 Å². The Kier molecular flexibility index (Phi) is 4.55. The Morgan fingerprint density at radius 2 is 2.12 bits per heavy atom. The number of hydrogen-bond donors (Lipinski definition) is 2. The van der Waals surface area contributed by atoms with Gasteiger partial charge in [-0.3, -0.25) is 0 Å². The van der Waals surface area contributed by atoms with Gasteiger partial charge < -0.3 is 10.4 Å². The van der Waals surface area contributed by atoms with Crippen LogP contribution in [0.25, 0.3) is 0 Å². The van der Waals surface area contributed by atoms with E-state index in [2.05, 4.69) is 37.9 Å². The maximum Gasteiger partial charge on any atom is 0.142 e. The molecule has 94 valence electrons. The van der Waals surface area contributed by atoms with Gasteiger partial charge in [-0.2, -0.15) is 0 Å². The van der Waals surface area contributed by atoms with Crippen LogP contribution in [-0.2, 0) is 0 Å². The molecule has 1 aromatic heterocycles. The largest absolute Gasteiger partial charge is 0.396 e. The average Bonchev–Trinajstić information content (AvgIpc) is 2.39. The van der Waals surface area contributed by atoms with E-state index < -0.39 is 0 Å². The molecule has 1 heterocycles. The van der Waals surface area contributed by atoms with Crippen molar-refractivity contribution in [3.63, 3.8) is 0 Å². The second-order valence-corrected chi connectivity index (χ2v) is 5.95. The number of halogens is 1. The topological polar surface area (TPSA) is 58.0 Å². The summed E-state index contributed by atoms with van der Waals surface area (Å²) in [6, 6.07) is 0. The molecule has 1 saturated carbocycles. The van der Waals surface area contributed by atoms with Crippen molar-refractivity contribution in [2.45, 2.75) is 32.1 Å². The van der Waals surface area contributed by atoms with Gasteiger partial charge in [-0.15, -0.1) is 0 Å². The first-order valence-electron chi connectivity index (χ1n) is 6.06. The minimum absolute atomic E-state index is 0.0479. The first-order chi connectivity index (χ1) is 8.26. The zero-order valence-electron chi connectivity index (χ0n) is 9.82. The number of nitrogens with one attached hydrogen (secondary N) is 1. The van der Waals surface area contributed by atoms with E-state index in [0.717, 1.165) is 28.8 Å². The predicted octanol–water partition coefficient (Wildman–Crippen LogP) is 2.44. The van der Waals surface area contributed by atoms with Crippen molar-refractivity contribution in [1.29, 1.82) is 0 Å². The number of hydrogen-bond acceptors (Lipinski definition) is 4. The quantitative estimate of drug-likeness (QED) is 0.822. The smallest absolute Gasteiger partial charge is 0.142 e. The zero-order valence-corrected chi connectivity index (χ0v) is 12.0. The van der Waals surface area contributed by atoms with Crippen molar-refractivity contribution in [1.82, 2.24) is 9.97 Å². The number of rotatable bonds is 4. The molecular formula is C12H18IN3O. The van der Waals surface area contributed by atoms with Crippen molar-refractivity contribution in [3.8, 4) is 0 Å². The van der Waals surface area contributed by atoms with Gasteiger partial charge in [0.1, 0.15) is 12.1 Å². The highest BCUT2D eigenvalue weighted by molar-refractivity contribution is 14.1. The molecule has 0 saturated heterocycles. The Balaban J connectivity index is 1.98. The minimum atomic E-state index is 0.0479. The summed E-state index contributed by atoms with van der Waals surface area (Å²) in [5.41, 5.74) is 0.0479. The maximum absolute atomic E-state index is 9.61. The number of aliphatic hydroxyl groups excluding tert-OH is 1. The average molecular weight is 347 g/mol. The molecule has 2 rings (SSSR count). The highest BCUT2D eigenvalue weighted by Gasteiger charge is 2.31. The molecule has 17 heavy (non-hydrogen) atoms. The Morgan fingerprint density at radius 1 is 1.35 bits per heavy atom. The molecule has 0 amide bonds. The number of aromatic nitrogens is 2. The summed E-state index contributed by atoms with van der Waals surface area (Å²) in [6.45, 7) is 1.07. The van der Waals surface area contributed by atoms with Crippen molar-refractivity contribution < 1.29 is 5.11 Å². The molecule has 1 fully saturated rings. The van der Waals surface area contributed by atoms with E-state index in [-0.39, 0.29) is 12.0 Å². The summed E-state index contributed by atoms with van der Waals surface area (Å²) >= 11 is 2.22. The van der Waals surface area contributed by atoms with Gasteiger partial charge in [0.05, 0.1) is 10.2 Å². The van der Waals surface area contributed by atoms with Crippen LogP contribution >= 0.6 is 22.6 Å². The number of aliphatic hydroxyl groups is 1. The second-order valence-electron chi connectivity index (χ2n) is 4.79. The molecule has 0 bridgehead atoms. The first kappa shape index (κ1) is 13.0. The minimum Gasteiger partial charge on any atom is -0.396 e. The van der Waals surface area contributed by atoms with Crippen LogP contribution in [0.3, 0.4) is 0 Å². The second kappa shape index (κ2) is 5.95. The summed E-state index contributed by atoms with van der Waals surface area (Å²) in [5.74, 6) is 0.874. The molecule has 5 heteroatoms. The molecule has 0 atom stereocenters. The molecule has 2 N–H and O–H groups in total. The molecule has 0 aliphatic heterocycles. The van der Waals surface area contributed by atoms with E-state index in [1.54, 1.807) is 12.5 Å². The third-order valence-corrected chi connectivity index (χ3v) is 4.34. The van der Waals surface area contributed by atoms with Crippen LogP contribution in [0.15, 0.2) is 12.5 Å². The molecule has 0 radical (unpaired) electrons. The molecule has 1 aromatic rings. The number of anilines is 1. The van der Waals surface area contributed by atoms with E-state index >= 15 is 0 Å². The fourth-order valence-corrected chi connectivity index (χ4v) is 2.90. The predicted molar refractivity (Wildman–Crippen MR) is 75.8 cm³/mol. The van der Waals surface area contributed by atoms with Crippen molar-refractivity contribution in [2.24, 2.45) is 5.41 Å². The molecule has 1 aliphatic carbocycles. The lowest BCUT2D eigenvalue weighted by molar-refractivity contribution is 0.0943. The lowest BCUT2D eigenvalue weighted by Gasteiger charge is -2.35. The van der Waals surface area contributed by atoms with Gasteiger partial charge in [0.25, 0.3) is 0 Å². The molecule has 4 nitrogen and oxygen atoms in total. The highest BCUT2D eigenvalue weighted by atomic mass is 127. The third kappa shape index (κ3) is 3.28. The molecule has 0 spiro atoms. The van der Waals surface area contributed by atoms with E-state index in [1.807, 2.05) is 0 Å². The van der Waals surface area contributed by atoms with E-state index in [0.29, 0.717) is 0 Å². The van der Waals surface area contributed by atoms with Crippen LogP contribution in [0, 0.1) is 8.99 Å². The van der Waals surface area contributed by atoms with Crippen LogP contribution in [-0.4, -0.2) is 28.2 Å². The van der Waals surface area contributed by atoms with E-state index in [1.165, 1.54) is 19.3 Å². The van der Waals surface area contributed by atoms with Gasteiger partial charge in [0, 0.05) is 18.2 Å². The fraction of sp³-hybridized carbons (Fsp3) is 0.667. The summed E-state index contributed by atoms with van der Waals surface area (Å²) < 4.78 is 1.02. The zero-order chi connectivity index (χ0) is 12.1. The standard InChI is InChI=1S/C12H18IN3O/c13-10-6-14-9-16-11(10)15-7-12(8-17)4-2-1-3-5-12/h6,9,17H,1-5,7-8H2,(H,14,15,16). The van der Waals surface area contributed by atoms with E-state index in [9.17, 15) is 5.11 Å². The van der Waals surface area contributed by atoms with Crippen molar-refractivity contribution in [2.75, 3.05) is 18.5 Å². The third-order valence-electron chi connectivity index (χ3n) is 3.55. The lowest BCUT2D eigenvalue weighted by Crippen LogP contribution is -2.35. The summed E-state index contributed by atoms with van der Waals surface area (Å²) in [6.07, 6.45) is 9.31. The van der Waals surface area contributed by atoms with Crippen molar-refractivity contribution in [3.05, 3.63) is 16.1 Å². The van der Waals surface area contributed by atoms with Crippen molar-refractivity contribution >= 4 is 28.4 Å². The normalized spacial score (nSPS) is 18.9. The summed E-state index contributed by atoms with van der Waals surface area (Å²) in [4.78, 5) is 8.19. The molecule has 0 unspecified atom stereocenters. The van der Waals surface area contributed by atoms with Gasteiger partial charge in [-0.1, -0.05) is 19.3 Å². The van der Waals surface area contributed by atoms with Gasteiger partial charge in [-0.25, -0.2) is 9.97 Å². The molecule has 0 aromatic carbocycles. The lowest BCUT2D eigenvalue weighted by atomic mass is 9.74. The Hall–Kier alpha value is -0.430. The van der Waals surface area contributed by atoms with Crippen LogP contribution in [0.4, 0.5) is 5.82 Å². The van der Waals surface area contributed by atoms with Gasteiger partial charge >= 0.3 is 0 Å². The number of nitrogens with zero attached hydrogens (tertiary/aromatic N) is 2. The van der Waals surface area contributed by atoms with Gasteiger partial charge in [0.2, 0.25) is 0 Å². The van der Waals surface area contributed by atoms with Crippen LogP contribution < -0.4 is 5.32 Å². The SMILES string of the molecule is OCC1(CNc2ncncc2I)CCCCC1. The van der Waals surface area contributed by atoms with Crippen LogP contribution in [0.1, 0.15) is 32.1 Å². The Morgan fingerprint density at radius 3 is 2.76 bits per heavy atom. The highest BCUT2D eigenvalue weighted by Crippen LogP contribution is 2.36. The molecule has 1 aliphatic rings. The van der Waals surface area contributed by atoms with Crippen LogP contribution in [0.5, 0.6) is 0 Å². The fourth-order valence-electron chi connectivity index (χ4n) is 2.41. The Bertz CT molecular complexity index is 367. The monoisotopic (exact) mass is 347 g/mol. The molecular weight excluding hydrogens is 329 g/mol. The summed E-state index contributed by atoms with van der Waals surface area (Å²) in [5, 5.41) is 13.0. The van der Waals surface area contributed by atoms with Gasteiger partial charge in [0.15, 0.2) is 0 Å². The Labute approximate surface area is 115 Å².